The quantitative estimate of drug-likeness (QED) is 0.227. The van der Waals surface area contributed by atoms with E-state index in [1.807, 2.05) is 30.3 Å². The first-order chi connectivity index (χ1) is 16.9. The summed E-state index contributed by atoms with van der Waals surface area (Å²) in [5.41, 5.74) is 2.52. The highest BCUT2D eigenvalue weighted by atomic mass is 35.5. The Balaban J connectivity index is 1.60. The minimum absolute atomic E-state index is 0.0272. The summed E-state index contributed by atoms with van der Waals surface area (Å²) in [6.07, 6.45) is 0.687. The Bertz CT molecular complexity index is 1290. The number of nitro benzene ring substituents is 2. The third-order valence-corrected chi connectivity index (χ3v) is 8.91. The second kappa shape index (κ2) is 9.39. The van der Waals surface area contributed by atoms with Crippen molar-refractivity contribution in [2.75, 3.05) is 12.4 Å². The van der Waals surface area contributed by atoms with E-state index in [1.54, 1.807) is 24.3 Å². The van der Waals surface area contributed by atoms with Crippen LogP contribution in [-0.2, 0) is 0 Å². The lowest BCUT2D eigenvalue weighted by molar-refractivity contribution is -0.387. The van der Waals surface area contributed by atoms with Gasteiger partial charge in [0.05, 0.1) is 45.0 Å². The number of hydrogen-bond acceptors (Lipinski definition) is 7. The number of non-ortho nitro benzene ring substituents is 1. The molecule has 0 unspecified atom stereocenters. The van der Waals surface area contributed by atoms with Gasteiger partial charge in [0.25, 0.3) is 11.4 Å². The van der Waals surface area contributed by atoms with Gasteiger partial charge in [0.1, 0.15) is 5.75 Å². The Labute approximate surface area is 210 Å². The minimum Gasteiger partial charge on any atom is -0.494 e. The number of nitrogens with one attached hydrogen (secondary N) is 1. The predicted molar refractivity (Wildman–Crippen MR) is 136 cm³/mol. The van der Waals surface area contributed by atoms with Crippen LogP contribution in [0.3, 0.4) is 0 Å². The van der Waals surface area contributed by atoms with Gasteiger partial charge in [-0.2, -0.15) is 0 Å². The van der Waals surface area contributed by atoms with Gasteiger partial charge in [-0.05, 0) is 29.5 Å². The van der Waals surface area contributed by atoms with E-state index in [9.17, 15) is 20.2 Å². The number of nitrogens with zero attached hydrogens (tertiary/aromatic N) is 2. The molecule has 1 aliphatic carbocycles. The van der Waals surface area contributed by atoms with Crippen molar-refractivity contribution in [1.82, 2.24) is 0 Å². The van der Waals surface area contributed by atoms with Gasteiger partial charge in [-0.15, -0.1) is 23.4 Å². The predicted octanol–water partition coefficient (Wildman–Crippen LogP) is 6.55. The summed E-state index contributed by atoms with van der Waals surface area (Å²) in [5.74, 6) is 0.221. The van der Waals surface area contributed by atoms with Crippen LogP contribution in [0, 0.1) is 26.1 Å². The van der Waals surface area contributed by atoms with E-state index in [2.05, 4.69) is 5.32 Å². The molecule has 0 spiro atoms. The van der Waals surface area contributed by atoms with Gasteiger partial charge < -0.3 is 10.1 Å². The molecule has 35 heavy (non-hydrogen) atoms. The smallest absolute Gasteiger partial charge is 0.282 e. The van der Waals surface area contributed by atoms with Crippen LogP contribution in [0.5, 0.6) is 5.75 Å². The van der Waals surface area contributed by atoms with Gasteiger partial charge >= 0.3 is 0 Å². The Morgan fingerprint density at radius 3 is 2.43 bits per heavy atom. The first kappa shape index (κ1) is 23.4. The third-order valence-electron chi connectivity index (χ3n) is 6.80. The van der Waals surface area contributed by atoms with Crippen molar-refractivity contribution in [1.29, 1.82) is 0 Å². The molecule has 5 atom stereocenters. The molecule has 1 fully saturated rings. The Kier molecular flexibility index (Phi) is 6.29. The fourth-order valence-corrected chi connectivity index (χ4v) is 7.24. The lowest BCUT2D eigenvalue weighted by atomic mass is 9.77. The molecule has 0 radical (unpaired) electrons. The maximum absolute atomic E-state index is 11.6. The number of ether oxygens (including phenoxy) is 1. The summed E-state index contributed by atoms with van der Waals surface area (Å²) in [7, 11) is 1.49. The average Bonchev–Trinajstić information content (AvgIpc) is 3.19. The summed E-state index contributed by atoms with van der Waals surface area (Å²) in [5, 5.41) is 26.3. The van der Waals surface area contributed by atoms with Crippen LogP contribution in [0.2, 0.25) is 0 Å². The fraction of sp³-hybridized carbons (Fsp3) is 0.280. The molecule has 10 heteroatoms. The molecule has 0 saturated heterocycles. The molecule has 0 aromatic heterocycles. The van der Waals surface area contributed by atoms with Crippen molar-refractivity contribution in [3.8, 4) is 5.75 Å². The zero-order chi connectivity index (χ0) is 24.7. The van der Waals surface area contributed by atoms with Gasteiger partial charge in [0, 0.05) is 23.3 Å². The van der Waals surface area contributed by atoms with E-state index in [-0.39, 0.29) is 39.4 Å². The molecule has 1 N–H and O–H groups in total. The van der Waals surface area contributed by atoms with Crippen LogP contribution in [0.25, 0.3) is 0 Å². The van der Waals surface area contributed by atoms with E-state index in [0.29, 0.717) is 22.8 Å². The Hall–Kier alpha value is -3.30. The highest BCUT2D eigenvalue weighted by Gasteiger charge is 2.51. The van der Waals surface area contributed by atoms with Crippen LogP contribution in [0.4, 0.5) is 17.1 Å². The molecule has 3 aromatic rings. The highest BCUT2D eigenvalue weighted by molar-refractivity contribution is 8.00. The van der Waals surface area contributed by atoms with Crippen LogP contribution in [0.15, 0.2) is 71.6 Å². The van der Waals surface area contributed by atoms with Gasteiger partial charge in [0.15, 0.2) is 0 Å². The zero-order valence-corrected chi connectivity index (χ0v) is 20.2. The Morgan fingerprint density at radius 1 is 1.03 bits per heavy atom. The monoisotopic (exact) mass is 511 g/mol. The van der Waals surface area contributed by atoms with E-state index in [0.717, 1.165) is 11.1 Å². The second-order valence-electron chi connectivity index (χ2n) is 8.65. The van der Waals surface area contributed by atoms with Crippen molar-refractivity contribution in [2.24, 2.45) is 5.92 Å². The van der Waals surface area contributed by atoms with E-state index < -0.39 is 10.3 Å². The molecule has 1 aliphatic heterocycles. The first-order valence-electron chi connectivity index (χ1n) is 11.1. The van der Waals surface area contributed by atoms with Gasteiger partial charge in [-0.25, -0.2) is 0 Å². The molecule has 1 heterocycles. The standard InChI is InChI=1S/C25H22ClN3O5S/c1-34-19-12-15(28(30)31)11-16-22-17(24(27-25(16)19)14-7-3-2-4-8-14)13-21(23(22)26)35-20-10-6-5-9-18(20)29(32)33/h2-12,17,21-24,27H,13H2,1H3/t17-,21-,22-,23-,24-/m1/s1. The summed E-state index contributed by atoms with van der Waals surface area (Å²) in [6, 6.07) is 19.5. The molecule has 1 saturated carbocycles. The lowest BCUT2D eigenvalue weighted by Crippen LogP contribution is -2.31. The highest BCUT2D eigenvalue weighted by Crippen LogP contribution is 2.59. The number of para-hydroxylation sites is 1. The normalized spacial score (nSPS) is 24.7. The van der Waals surface area contributed by atoms with Crippen molar-refractivity contribution in [3.05, 3.63) is 98.1 Å². The van der Waals surface area contributed by atoms with E-state index >= 15 is 0 Å². The summed E-state index contributed by atoms with van der Waals surface area (Å²) < 4.78 is 5.55. The first-order valence-corrected chi connectivity index (χ1v) is 12.4. The number of methoxy groups -OCH3 is 1. The molecule has 8 nitrogen and oxygen atoms in total. The number of thioether (sulfide) groups is 1. The van der Waals surface area contributed by atoms with Crippen LogP contribution < -0.4 is 10.1 Å². The Morgan fingerprint density at radius 2 is 1.74 bits per heavy atom. The molecular weight excluding hydrogens is 490 g/mol. The largest absolute Gasteiger partial charge is 0.494 e. The fourth-order valence-electron chi connectivity index (χ4n) is 5.30. The maximum Gasteiger partial charge on any atom is 0.282 e. The molecule has 0 amide bonds. The summed E-state index contributed by atoms with van der Waals surface area (Å²) >= 11 is 8.52. The van der Waals surface area contributed by atoms with Gasteiger partial charge in [0.2, 0.25) is 0 Å². The molecular formula is C25H22ClN3O5S. The second-order valence-corrected chi connectivity index (χ2v) is 10.4. The molecule has 3 aromatic carbocycles. The van der Waals surface area contributed by atoms with Gasteiger partial charge in [-0.1, -0.05) is 42.5 Å². The number of fused-ring (bicyclic) bond motifs is 3. The number of nitro groups is 2. The molecule has 5 rings (SSSR count). The van der Waals surface area contributed by atoms with Crippen molar-refractivity contribution < 1.29 is 14.6 Å². The SMILES string of the molecule is COc1cc([N+](=O)[O-])cc2c1N[C@H](c1ccccc1)[C@@H]1C[C@@H](Sc3ccccc3[N+](=O)[O-])[C@@H](Cl)[C@H]21. The molecule has 0 bridgehead atoms. The number of anilines is 1. The number of rotatable bonds is 6. The summed E-state index contributed by atoms with van der Waals surface area (Å²) in [4.78, 5) is 23.0. The maximum atomic E-state index is 11.6. The van der Waals surface area contributed by atoms with Crippen molar-refractivity contribution in [3.63, 3.8) is 0 Å². The van der Waals surface area contributed by atoms with Crippen molar-refractivity contribution in [2.45, 2.75) is 33.9 Å². The van der Waals surface area contributed by atoms with Crippen LogP contribution in [0.1, 0.15) is 29.5 Å². The average molecular weight is 512 g/mol. The van der Waals surface area contributed by atoms with E-state index in [4.69, 9.17) is 16.3 Å². The zero-order valence-electron chi connectivity index (χ0n) is 18.7. The lowest BCUT2D eigenvalue weighted by Gasteiger charge is -2.38. The van der Waals surface area contributed by atoms with Crippen LogP contribution >= 0.6 is 23.4 Å². The third kappa shape index (κ3) is 4.19. The van der Waals surface area contributed by atoms with Gasteiger partial charge in [-0.3, -0.25) is 20.2 Å². The molecule has 2 aliphatic rings. The number of benzene rings is 3. The van der Waals surface area contributed by atoms with Crippen LogP contribution in [-0.4, -0.2) is 27.6 Å². The number of hydrogen-bond donors (Lipinski definition) is 1. The minimum atomic E-state index is -0.432. The molecule has 180 valence electrons. The van der Waals surface area contributed by atoms with E-state index in [1.165, 1.54) is 31.0 Å². The number of alkyl halides is 1. The van der Waals surface area contributed by atoms with Crippen molar-refractivity contribution >= 4 is 40.4 Å². The topological polar surface area (TPSA) is 108 Å². The summed E-state index contributed by atoms with van der Waals surface area (Å²) in [6.45, 7) is 0. The number of halogens is 1.